The predicted octanol–water partition coefficient (Wildman–Crippen LogP) is 2.29. The molecule has 1 rings (SSSR count). The number of hydrogen-bond donors (Lipinski definition) is 1. The van der Waals surface area contributed by atoms with Gasteiger partial charge in [-0.25, -0.2) is 0 Å². The Kier molecular flexibility index (Phi) is 8.32. The average molecular weight is 370 g/mol. The van der Waals surface area contributed by atoms with Gasteiger partial charge >= 0.3 is 5.97 Å². The monoisotopic (exact) mass is 369 g/mol. The van der Waals surface area contributed by atoms with E-state index in [0.717, 1.165) is 18.2 Å². The molecule has 134 valence electrons. The third kappa shape index (κ3) is 7.15. The van der Waals surface area contributed by atoms with Crippen LogP contribution in [-0.4, -0.2) is 27.7 Å². The minimum atomic E-state index is -0.869. The molecule has 1 atom stereocenters. The summed E-state index contributed by atoms with van der Waals surface area (Å²) in [5.74, 6) is 5.02. The van der Waals surface area contributed by atoms with Crippen molar-refractivity contribution >= 4 is 28.9 Å². The molecule has 9 nitrogen and oxygen atoms in total. The van der Waals surface area contributed by atoms with Crippen LogP contribution in [0.2, 0.25) is 0 Å². The van der Waals surface area contributed by atoms with E-state index in [4.69, 9.17) is 22.1 Å². The molecule has 0 aliphatic carbocycles. The number of unbranched alkanes of at least 4 members (excludes halogenated alkanes) is 1. The highest BCUT2D eigenvalue weighted by Crippen LogP contribution is 2.23. The summed E-state index contributed by atoms with van der Waals surface area (Å²) < 4.78 is 4.97. The van der Waals surface area contributed by atoms with Gasteiger partial charge in [-0.15, -0.1) is 17.5 Å². The van der Waals surface area contributed by atoms with Crippen molar-refractivity contribution in [2.75, 3.05) is 5.88 Å². The van der Waals surface area contributed by atoms with E-state index in [0.29, 0.717) is 19.3 Å². The van der Waals surface area contributed by atoms with Crippen molar-refractivity contribution in [3.63, 3.8) is 0 Å². The first-order chi connectivity index (χ1) is 11.8. The van der Waals surface area contributed by atoms with Crippen LogP contribution in [0, 0.1) is 32.1 Å². The number of alkyl halides is 1. The van der Waals surface area contributed by atoms with Gasteiger partial charge in [0.2, 0.25) is 0 Å². The summed E-state index contributed by atoms with van der Waals surface area (Å²) in [5, 5.41) is 21.6. The normalized spacial score (nSPS) is 11.1. The summed E-state index contributed by atoms with van der Waals surface area (Å²) in [6.45, 7) is -0.346. The number of ether oxygens (including phenoxy) is 1. The lowest BCUT2D eigenvalue weighted by atomic mass is 10.1. The summed E-state index contributed by atoms with van der Waals surface area (Å²) in [7, 11) is 0. The lowest BCUT2D eigenvalue weighted by Gasteiger charge is -2.10. The highest BCUT2D eigenvalue weighted by molar-refractivity contribution is 6.19. The number of nitrogens with two attached hydrogens (primary N) is 1. The Morgan fingerprint density at radius 1 is 1.20 bits per heavy atom. The standard InChI is InChI=1S/C15H16ClN3O6/c16-6-4-2-1-3-5-14(17)15(20)25-10-11-7-12(18(21)22)9-13(8-11)19(23)24/h7-9,14H,1,3,5-6,10,17H2/t14-/m0/s1. The second-order valence-electron chi connectivity index (χ2n) is 4.97. The number of nitro groups is 2. The molecule has 0 spiro atoms. The minimum Gasteiger partial charge on any atom is -0.460 e. The van der Waals surface area contributed by atoms with Gasteiger partial charge in [-0.1, -0.05) is 5.92 Å². The van der Waals surface area contributed by atoms with Crippen LogP contribution < -0.4 is 5.73 Å². The smallest absolute Gasteiger partial charge is 0.323 e. The van der Waals surface area contributed by atoms with Crippen LogP contribution in [0.4, 0.5) is 11.4 Å². The third-order valence-corrected chi connectivity index (χ3v) is 3.21. The summed E-state index contributed by atoms with van der Waals surface area (Å²) >= 11 is 5.40. The van der Waals surface area contributed by atoms with E-state index < -0.39 is 33.2 Å². The number of nitrogens with zero attached hydrogens (tertiary/aromatic N) is 2. The Morgan fingerprint density at radius 3 is 2.32 bits per heavy atom. The Balaban J connectivity index is 2.62. The lowest BCUT2D eigenvalue weighted by molar-refractivity contribution is -0.394. The van der Waals surface area contributed by atoms with Crippen LogP contribution in [0.1, 0.15) is 24.8 Å². The number of benzene rings is 1. The number of esters is 1. The van der Waals surface area contributed by atoms with Gasteiger partial charge in [0.05, 0.1) is 21.8 Å². The van der Waals surface area contributed by atoms with Crippen LogP contribution in [-0.2, 0) is 16.1 Å². The number of rotatable bonds is 8. The zero-order chi connectivity index (χ0) is 18.8. The maximum atomic E-state index is 11.8. The van der Waals surface area contributed by atoms with E-state index in [1.807, 2.05) is 0 Å². The minimum absolute atomic E-state index is 0.134. The SMILES string of the molecule is N[C@@H](CCCC#CCCl)C(=O)OCc1cc([N+](=O)[O-])cc([N+](=O)[O-])c1. The highest BCUT2D eigenvalue weighted by atomic mass is 35.5. The predicted molar refractivity (Wildman–Crippen MR) is 89.9 cm³/mol. The van der Waals surface area contributed by atoms with E-state index in [1.54, 1.807) is 0 Å². The fraction of sp³-hybridized carbons (Fsp3) is 0.400. The molecule has 0 bridgehead atoms. The molecule has 25 heavy (non-hydrogen) atoms. The molecular weight excluding hydrogens is 354 g/mol. The lowest BCUT2D eigenvalue weighted by Crippen LogP contribution is -2.32. The van der Waals surface area contributed by atoms with Crippen molar-refractivity contribution in [1.82, 2.24) is 0 Å². The Morgan fingerprint density at radius 2 is 1.80 bits per heavy atom. The van der Waals surface area contributed by atoms with Crippen molar-refractivity contribution < 1.29 is 19.4 Å². The summed E-state index contributed by atoms with van der Waals surface area (Å²) in [5.41, 5.74) is 4.91. The molecule has 0 aliphatic heterocycles. The zero-order valence-corrected chi connectivity index (χ0v) is 13.9. The first-order valence-corrected chi connectivity index (χ1v) is 7.75. The average Bonchev–Trinajstić information content (AvgIpc) is 2.58. The fourth-order valence-electron chi connectivity index (χ4n) is 1.88. The number of halogens is 1. The molecule has 0 radical (unpaired) electrons. The quantitative estimate of drug-likeness (QED) is 0.185. The van der Waals surface area contributed by atoms with Crippen molar-refractivity contribution in [3.05, 3.63) is 44.0 Å². The first kappa shape index (κ1) is 20.3. The van der Waals surface area contributed by atoms with Crippen molar-refractivity contribution in [3.8, 4) is 11.8 Å². The zero-order valence-electron chi connectivity index (χ0n) is 13.1. The molecule has 1 aromatic rings. The van der Waals surface area contributed by atoms with Gasteiger partial charge in [0.1, 0.15) is 12.6 Å². The van der Waals surface area contributed by atoms with Gasteiger partial charge in [-0.2, -0.15) is 0 Å². The molecule has 0 aliphatic rings. The maximum absolute atomic E-state index is 11.8. The molecule has 2 N–H and O–H groups in total. The number of nitro benzene ring substituents is 2. The number of hydrogen-bond acceptors (Lipinski definition) is 7. The van der Waals surface area contributed by atoms with Crippen molar-refractivity contribution in [1.29, 1.82) is 0 Å². The van der Waals surface area contributed by atoms with Crippen LogP contribution >= 0.6 is 11.6 Å². The number of carbonyl (C=O) groups is 1. The third-order valence-electron chi connectivity index (χ3n) is 3.08. The Bertz CT molecular complexity index is 681. The molecule has 1 aromatic carbocycles. The maximum Gasteiger partial charge on any atom is 0.323 e. The van der Waals surface area contributed by atoms with E-state index in [-0.39, 0.29) is 18.1 Å². The molecule has 0 fully saturated rings. The van der Waals surface area contributed by atoms with Crippen molar-refractivity contribution in [2.24, 2.45) is 5.73 Å². The molecule has 0 aromatic heterocycles. The second-order valence-corrected chi connectivity index (χ2v) is 5.23. The van der Waals surface area contributed by atoms with Gasteiger partial charge in [0.25, 0.3) is 11.4 Å². The van der Waals surface area contributed by atoms with Crippen LogP contribution in [0.3, 0.4) is 0 Å². The van der Waals surface area contributed by atoms with Gasteiger partial charge in [-0.3, -0.25) is 25.0 Å². The number of carbonyl (C=O) groups excluding carboxylic acids is 1. The van der Waals surface area contributed by atoms with Crippen molar-refractivity contribution in [2.45, 2.75) is 31.9 Å². The van der Waals surface area contributed by atoms with Crippen LogP contribution in [0.25, 0.3) is 0 Å². The molecule has 0 saturated carbocycles. The van der Waals surface area contributed by atoms with Crippen LogP contribution in [0.5, 0.6) is 0 Å². The molecule has 0 amide bonds. The summed E-state index contributed by atoms with van der Waals surface area (Å²) in [4.78, 5) is 31.9. The molecule has 0 heterocycles. The van der Waals surface area contributed by atoms with Gasteiger partial charge < -0.3 is 10.5 Å². The van der Waals surface area contributed by atoms with E-state index in [9.17, 15) is 25.0 Å². The Hall–Kier alpha value is -2.70. The first-order valence-electron chi connectivity index (χ1n) is 7.21. The highest BCUT2D eigenvalue weighted by Gasteiger charge is 2.19. The summed E-state index contributed by atoms with van der Waals surface area (Å²) in [6, 6.07) is 2.17. The molecular formula is C15H16ClN3O6. The van der Waals surface area contributed by atoms with Gasteiger partial charge in [0.15, 0.2) is 0 Å². The molecule has 10 heteroatoms. The fourth-order valence-corrected chi connectivity index (χ4v) is 1.97. The Labute approximate surface area is 148 Å². The molecule has 0 saturated heterocycles. The second kappa shape index (κ2) is 10.2. The van der Waals surface area contributed by atoms with E-state index in [2.05, 4.69) is 11.8 Å². The van der Waals surface area contributed by atoms with Gasteiger partial charge in [0, 0.05) is 24.1 Å². The van der Waals surface area contributed by atoms with Gasteiger partial charge in [-0.05, 0) is 12.8 Å². The number of non-ortho nitro benzene ring substituents is 2. The van der Waals surface area contributed by atoms with E-state index in [1.165, 1.54) is 0 Å². The van der Waals surface area contributed by atoms with E-state index >= 15 is 0 Å². The largest absolute Gasteiger partial charge is 0.460 e. The van der Waals surface area contributed by atoms with Crippen LogP contribution in [0.15, 0.2) is 18.2 Å². The molecule has 0 unspecified atom stereocenters. The summed E-state index contributed by atoms with van der Waals surface area (Å²) in [6.07, 6.45) is 1.48. The topological polar surface area (TPSA) is 139 Å².